The third kappa shape index (κ3) is 3.95. The summed E-state index contributed by atoms with van der Waals surface area (Å²) in [7, 11) is 0. The number of hydrogen-bond acceptors (Lipinski definition) is 3. The summed E-state index contributed by atoms with van der Waals surface area (Å²) in [6.07, 6.45) is 4.60. The number of aliphatic hydroxyl groups excluding tert-OH is 1. The van der Waals surface area contributed by atoms with Gasteiger partial charge in [0.05, 0.1) is 0 Å². The van der Waals surface area contributed by atoms with E-state index in [9.17, 15) is 0 Å². The van der Waals surface area contributed by atoms with Crippen LogP contribution in [0.3, 0.4) is 0 Å². The molecule has 2 N–H and O–H groups in total. The van der Waals surface area contributed by atoms with Crippen molar-refractivity contribution in [3.8, 4) is 0 Å². The number of rotatable bonds is 7. The molecule has 0 aliphatic carbocycles. The molecule has 0 aromatic rings. The van der Waals surface area contributed by atoms with Crippen molar-refractivity contribution in [2.75, 3.05) is 32.8 Å². The maximum atomic E-state index is 8.74. The summed E-state index contributed by atoms with van der Waals surface area (Å²) in [5.41, 5.74) is 0. The molecule has 0 aromatic heterocycles. The number of aliphatic hydroxyl groups is 1. The Morgan fingerprint density at radius 1 is 1.36 bits per heavy atom. The quantitative estimate of drug-likeness (QED) is 0.598. The van der Waals surface area contributed by atoms with E-state index < -0.39 is 0 Å². The molecule has 0 radical (unpaired) electrons. The predicted molar refractivity (Wildman–Crippen MR) is 59.5 cm³/mol. The zero-order valence-corrected chi connectivity index (χ0v) is 9.34. The van der Waals surface area contributed by atoms with E-state index in [4.69, 9.17) is 5.11 Å². The van der Waals surface area contributed by atoms with Crippen molar-refractivity contribution in [2.45, 2.75) is 38.6 Å². The average molecular weight is 200 g/mol. The van der Waals surface area contributed by atoms with E-state index in [1.54, 1.807) is 0 Å². The molecule has 1 aliphatic rings. The van der Waals surface area contributed by atoms with Crippen molar-refractivity contribution in [1.29, 1.82) is 0 Å². The second-order valence-electron chi connectivity index (χ2n) is 4.11. The van der Waals surface area contributed by atoms with E-state index in [0.717, 1.165) is 32.0 Å². The first-order chi connectivity index (χ1) is 6.88. The van der Waals surface area contributed by atoms with Crippen LogP contribution in [0.15, 0.2) is 0 Å². The summed E-state index contributed by atoms with van der Waals surface area (Å²) in [5.74, 6) is 0. The summed E-state index contributed by atoms with van der Waals surface area (Å²) < 4.78 is 0. The van der Waals surface area contributed by atoms with Crippen LogP contribution in [0.1, 0.15) is 32.6 Å². The van der Waals surface area contributed by atoms with Gasteiger partial charge in [-0.2, -0.15) is 0 Å². The van der Waals surface area contributed by atoms with E-state index in [1.165, 1.54) is 25.9 Å². The Kier molecular flexibility index (Phi) is 6.15. The van der Waals surface area contributed by atoms with Gasteiger partial charge in [0, 0.05) is 19.2 Å². The molecule has 3 nitrogen and oxygen atoms in total. The fraction of sp³-hybridized carbons (Fsp3) is 1.00. The average Bonchev–Trinajstić information content (AvgIpc) is 2.70. The Morgan fingerprint density at radius 3 is 2.79 bits per heavy atom. The molecule has 1 unspecified atom stereocenters. The molecule has 0 amide bonds. The van der Waals surface area contributed by atoms with Crippen LogP contribution in [0.5, 0.6) is 0 Å². The molecule has 0 aromatic carbocycles. The molecular formula is C11H24N2O. The van der Waals surface area contributed by atoms with Crippen LogP contribution in [0.4, 0.5) is 0 Å². The fourth-order valence-electron chi connectivity index (χ4n) is 2.14. The standard InChI is InChI=1S/C11H24N2O/c1-2-7-13(8-3-4-9-14)11-5-6-12-10-11/h11-12,14H,2-10H2,1H3. The number of unbranched alkanes of at least 4 members (excludes halogenated alkanes) is 1. The largest absolute Gasteiger partial charge is 0.396 e. The smallest absolute Gasteiger partial charge is 0.0431 e. The number of hydrogen-bond donors (Lipinski definition) is 2. The van der Waals surface area contributed by atoms with E-state index in [2.05, 4.69) is 17.1 Å². The SMILES string of the molecule is CCCN(CCCCO)C1CCNC1. The molecule has 0 saturated carbocycles. The summed E-state index contributed by atoms with van der Waals surface area (Å²) in [5, 5.41) is 12.2. The van der Waals surface area contributed by atoms with Crippen LogP contribution in [-0.2, 0) is 0 Å². The zero-order valence-electron chi connectivity index (χ0n) is 9.34. The maximum Gasteiger partial charge on any atom is 0.0431 e. The highest BCUT2D eigenvalue weighted by atomic mass is 16.2. The van der Waals surface area contributed by atoms with Gasteiger partial charge in [-0.15, -0.1) is 0 Å². The third-order valence-corrected chi connectivity index (χ3v) is 2.91. The minimum absolute atomic E-state index is 0.336. The maximum absolute atomic E-state index is 8.74. The predicted octanol–water partition coefficient (Wildman–Crippen LogP) is 0.833. The highest BCUT2D eigenvalue weighted by Crippen LogP contribution is 2.10. The van der Waals surface area contributed by atoms with Crippen LogP contribution < -0.4 is 5.32 Å². The molecule has 84 valence electrons. The first-order valence-electron chi connectivity index (χ1n) is 5.94. The number of nitrogens with one attached hydrogen (secondary N) is 1. The van der Waals surface area contributed by atoms with Crippen molar-refractivity contribution < 1.29 is 5.11 Å². The van der Waals surface area contributed by atoms with Gasteiger partial charge in [0.1, 0.15) is 0 Å². The normalized spacial score (nSPS) is 22.1. The molecule has 1 atom stereocenters. The molecule has 1 fully saturated rings. The Labute approximate surface area is 87.5 Å². The second-order valence-corrected chi connectivity index (χ2v) is 4.11. The molecule has 14 heavy (non-hydrogen) atoms. The molecular weight excluding hydrogens is 176 g/mol. The van der Waals surface area contributed by atoms with E-state index >= 15 is 0 Å². The first-order valence-corrected chi connectivity index (χ1v) is 5.94. The van der Waals surface area contributed by atoms with Gasteiger partial charge in [0.15, 0.2) is 0 Å². The molecule has 0 bridgehead atoms. The summed E-state index contributed by atoms with van der Waals surface area (Å²) in [6, 6.07) is 0.744. The Morgan fingerprint density at radius 2 is 2.21 bits per heavy atom. The van der Waals surface area contributed by atoms with Crippen molar-refractivity contribution in [2.24, 2.45) is 0 Å². The van der Waals surface area contributed by atoms with Gasteiger partial charge in [-0.1, -0.05) is 6.92 Å². The molecule has 1 aliphatic heterocycles. The summed E-state index contributed by atoms with van der Waals surface area (Å²) in [6.45, 7) is 7.26. The van der Waals surface area contributed by atoms with Crippen LogP contribution in [-0.4, -0.2) is 48.8 Å². The minimum Gasteiger partial charge on any atom is -0.396 e. The van der Waals surface area contributed by atoms with Crippen LogP contribution in [0.25, 0.3) is 0 Å². The Balaban J connectivity index is 2.22. The van der Waals surface area contributed by atoms with Crippen LogP contribution in [0, 0.1) is 0 Å². The van der Waals surface area contributed by atoms with Crippen molar-refractivity contribution in [3.63, 3.8) is 0 Å². The van der Waals surface area contributed by atoms with E-state index in [0.29, 0.717) is 6.61 Å². The molecule has 1 saturated heterocycles. The lowest BCUT2D eigenvalue weighted by molar-refractivity contribution is 0.195. The van der Waals surface area contributed by atoms with E-state index in [-0.39, 0.29) is 0 Å². The molecule has 1 rings (SSSR count). The van der Waals surface area contributed by atoms with E-state index in [1.807, 2.05) is 0 Å². The van der Waals surface area contributed by atoms with Crippen molar-refractivity contribution >= 4 is 0 Å². The van der Waals surface area contributed by atoms with Gasteiger partial charge in [0.2, 0.25) is 0 Å². The molecule has 0 spiro atoms. The van der Waals surface area contributed by atoms with Gasteiger partial charge in [-0.05, 0) is 45.3 Å². The van der Waals surface area contributed by atoms with Gasteiger partial charge in [-0.3, -0.25) is 4.90 Å². The van der Waals surface area contributed by atoms with Crippen molar-refractivity contribution in [3.05, 3.63) is 0 Å². The summed E-state index contributed by atoms with van der Waals surface area (Å²) >= 11 is 0. The van der Waals surface area contributed by atoms with Gasteiger partial charge in [0.25, 0.3) is 0 Å². The summed E-state index contributed by atoms with van der Waals surface area (Å²) in [4.78, 5) is 2.58. The molecule has 3 heteroatoms. The van der Waals surface area contributed by atoms with Crippen molar-refractivity contribution in [1.82, 2.24) is 10.2 Å². The van der Waals surface area contributed by atoms with Crippen LogP contribution in [0.2, 0.25) is 0 Å². The Bertz CT molecular complexity index is 135. The number of nitrogens with zero attached hydrogens (tertiary/aromatic N) is 1. The zero-order chi connectivity index (χ0) is 10.2. The first kappa shape index (κ1) is 12.0. The highest BCUT2D eigenvalue weighted by molar-refractivity contribution is 4.80. The lowest BCUT2D eigenvalue weighted by atomic mass is 10.2. The Hall–Kier alpha value is -0.120. The molecule has 1 heterocycles. The van der Waals surface area contributed by atoms with Crippen LogP contribution >= 0.6 is 0 Å². The van der Waals surface area contributed by atoms with Gasteiger partial charge < -0.3 is 10.4 Å². The van der Waals surface area contributed by atoms with Gasteiger partial charge >= 0.3 is 0 Å². The lowest BCUT2D eigenvalue weighted by Crippen LogP contribution is -2.38. The monoisotopic (exact) mass is 200 g/mol. The second kappa shape index (κ2) is 7.21. The third-order valence-electron chi connectivity index (χ3n) is 2.91. The fourth-order valence-corrected chi connectivity index (χ4v) is 2.14. The van der Waals surface area contributed by atoms with Gasteiger partial charge in [-0.25, -0.2) is 0 Å². The lowest BCUT2D eigenvalue weighted by Gasteiger charge is -2.27. The highest BCUT2D eigenvalue weighted by Gasteiger charge is 2.20. The minimum atomic E-state index is 0.336. The topological polar surface area (TPSA) is 35.5 Å².